The number of aromatic amines is 1. The molecule has 0 fully saturated rings. The fourth-order valence-corrected chi connectivity index (χ4v) is 3.62. The Balaban J connectivity index is 1.71. The van der Waals surface area contributed by atoms with Crippen LogP contribution in [0.4, 0.5) is 5.69 Å². The monoisotopic (exact) mass is 370 g/mol. The molecule has 0 unspecified atom stereocenters. The largest absolute Gasteiger partial charge is 0.326 e. The standard InChI is InChI=1S/C19H22N4O2S/c1-4-14-7-5-6-8-16(14)21-17(24)10-9-15-13(3)22-23(18(15)25)19-20-12(2)11-26-19/h5-8,11,22H,4,9-10H2,1-3H3,(H,21,24). The van der Waals surface area contributed by atoms with Gasteiger partial charge >= 0.3 is 0 Å². The van der Waals surface area contributed by atoms with Gasteiger partial charge in [-0.2, -0.15) is 4.68 Å². The Morgan fingerprint density at radius 2 is 2.08 bits per heavy atom. The Hall–Kier alpha value is -2.67. The van der Waals surface area contributed by atoms with E-state index >= 15 is 0 Å². The molecular weight excluding hydrogens is 348 g/mol. The summed E-state index contributed by atoms with van der Waals surface area (Å²) in [4.78, 5) is 29.3. The molecule has 2 N–H and O–H groups in total. The summed E-state index contributed by atoms with van der Waals surface area (Å²) in [6, 6.07) is 7.76. The highest BCUT2D eigenvalue weighted by molar-refractivity contribution is 7.12. The first kappa shape index (κ1) is 18.1. The number of para-hydroxylation sites is 1. The second kappa shape index (κ2) is 7.70. The third-order valence-corrected chi connectivity index (χ3v) is 5.21. The van der Waals surface area contributed by atoms with Gasteiger partial charge in [0.15, 0.2) is 0 Å². The molecule has 0 saturated carbocycles. The molecule has 2 aromatic heterocycles. The van der Waals surface area contributed by atoms with Gasteiger partial charge in [0.05, 0.1) is 5.69 Å². The Morgan fingerprint density at radius 3 is 2.77 bits per heavy atom. The smallest absolute Gasteiger partial charge is 0.276 e. The third kappa shape index (κ3) is 3.77. The molecule has 0 aliphatic rings. The second-order valence-electron chi connectivity index (χ2n) is 6.19. The van der Waals surface area contributed by atoms with Gasteiger partial charge in [-0.15, -0.1) is 11.3 Å². The molecule has 6 nitrogen and oxygen atoms in total. The number of anilines is 1. The summed E-state index contributed by atoms with van der Waals surface area (Å²) in [6.45, 7) is 5.79. The van der Waals surface area contributed by atoms with Crippen LogP contribution in [0.2, 0.25) is 0 Å². The zero-order valence-electron chi connectivity index (χ0n) is 15.1. The molecule has 0 atom stereocenters. The zero-order valence-corrected chi connectivity index (χ0v) is 15.9. The van der Waals surface area contributed by atoms with Gasteiger partial charge in [0, 0.05) is 28.7 Å². The van der Waals surface area contributed by atoms with Crippen molar-refractivity contribution in [1.82, 2.24) is 14.8 Å². The summed E-state index contributed by atoms with van der Waals surface area (Å²) in [5, 5.41) is 8.51. The van der Waals surface area contributed by atoms with Crippen LogP contribution in [0.5, 0.6) is 0 Å². The van der Waals surface area contributed by atoms with E-state index in [0.717, 1.165) is 29.1 Å². The van der Waals surface area contributed by atoms with Crippen LogP contribution in [0, 0.1) is 13.8 Å². The van der Waals surface area contributed by atoms with Crippen LogP contribution < -0.4 is 10.9 Å². The predicted molar refractivity (Wildman–Crippen MR) is 104 cm³/mol. The number of carbonyl (C=O) groups excluding carboxylic acids is 1. The summed E-state index contributed by atoms with van der Waals surface area (Å²) in [7, 11) is 0. The third-order valence-electron chi connectivity index (χ3n) is 4.27. The number of thiazole rings is 1. The van der Waals surface area contributed by atoms with E-state index in [4.69, 9.17) is 0 Å². The van der Waals surface area contributed by atoms with Crippen LogP contribution >= 0.6 is 11.3 Å². The number of H-pyrrole nitrogens is 1. The molecule has 26 heavy (non-hydrogen) atoms. The summed E-state index contributed by atoms with van der Waals surface area (Å²) in [5.74, 6) is -0.0949. The minimum atomic E-state index is -0.140. The number of nitrogens with zero attached hydrogens (tertiary/aromatic N) is 2. The van der Waals surface area contributed by atoms with Crippen molar-refractivity contribution in [1.29, 1.82) is 0 Å². The second-order valence-corrected chi connectivity index (χ2v) is 7.02. The number of benzene rings is 1. The van der Waals surface area contributed by atoms with Crippen LogP contribution in [0.1, 0.15) is 35.9 Å². The molecule has 1 aromatic carbocycles. The maximum absolute atomic E-state index is 12.6. The van der Waals surface area contributed by atoms with Gasteiger partial charge in [0.25, 0.3) is 5.56 Å². The van der Waals surface area contributed by atoms with E-state index in [1.54, 1.807) is 0 Å². The molecule has 7 heteroatoms. The molecule has 0 aliphatic heterocycles. The molecule has 3 rings (SSSR count). The Labute approximate surface area is 155 Å². The Morgan fingerprint density at radius 1 is 1.31 bits per heavy atom. The molecule has 0 bridgehead atoms. The van der Waals surface area contributed by atoms with Gasteiger partial charge in [-0.25, -0.2) is 4.98 Å². The predicted octanol–water partition coefficient (Wildman–Crippen LogP) is 3.37. The first-order valence-electron chi connectivity index (χ1n) is 8.60. The van der Waals surface area contributed by atoms with Crippen molar-refractivity contribution < 1.29 is 4.79 Å². The molecule has 0 saturated heterocycles. The van der Waals surface area contributed by atoms with Crippen LogP contribution in [0.15, 0.2) is 34.4 Å². The molecule has 0 spiro atoms. The van der Waals surface area contributed by atoms with E-state index in [9.17, 15) is 9.59 Å². The Bertz CT molecular complexity index is 984. The molecule has 2 heterocycles. The van der Waals surface area contributed by atoms with E-state index < -0.39 is 0 Å². The van der Waals surface area contributed by atoms with E-state index in [1.807, 2.05) is 43.5 Å². The normalized spacial score (nSPS) is 10.9. The maximum atomic E-state index is 12.6. The van der Waals surface area contributed by atoms with Gasteiger partial charge in [0.1, 0.15) is 0 Å². The molecule has 0 radical (unpaired) electrons. The van der Waals surface area contributed by atoms with Crippen molar-refractivity contribution in [3.05, 3.63) is 62.5 Å². The topological polar surface area (TPSA) is 79.8 Å². The van der Waals surface area contributed by atoms with Gasteiger partial charge in [-0.3, -0.25) is 14.7 Å². The molecule has 136 valence electrons. The number of aryl methyl sites for hydroxylation is 3. The highest BCUT2D eigenvalue weighted by Crippen LogP contribution is 2.17. The minimum Gasteiger partial charge on any atom is -0.326 e. The Kier molecular flexibility index (Phi) is 5.37. The van der Waals surface area contributed by atoms with Gasteiger partial charge in [-0.05, 0) is 38.3 Å². The van der Waals surface area contributed by atoms with E-state index in [0.29, 0.717) is 17.1 Å². The fraction of sp³-hybridized carbons (Fsp3) is 0.316. The van der Waals surface area contributed by atoms with E-state index in [2.05, 4.69) is 22.3 Å². The number of amides is 1. The van der Waals surface area contributed by atoms with Crippen molar-refractivity contribution >= 4 is 22.9 Å². The summed E-state index contributed by atoms with van der Waals surface area (Å²) >= 11 is 1.41. The zero-order chi connectivity index (χ0) is 18.7. The van der Waals surface area contributed by atoms with Crippen LogP contribution in [0.25, 0.3) is 5.13 Å². The average molecular weight is 370 g/mol. The van der Waals surface area contributed by atoms with Crippen LogP contribution in [-0.4, -0.2) is 20.7 Å². The number of hydrogen-bond donors (Lipinski definition) is 2. The minimum absolute atomic E-state index is 0.0949. The van der Waals surface area contributed by atoms with Crippen LogP contribution in [-0.2, 0) is 17.6 Å². The van der Waals surface area contributed by atoms with Crippen molar-refractivity contribution in [3.8, 4) is 5.13 Å². The highest BCUT2D eigenvalue weighted by Gasteiger charge is 2.16. The molecule has 1 amide bonds. The molecule has 0 aliphatic carbocycles. The van der Waals surface area contributed by atoms with Crippen LogP contribution in [0.3, 0.4) is 0 Å². The van der Waals surface area contributed by atoms with Gasteiger partial charge < -0.3 is 5.32 Å². The van der Waals surface area contributed by atoms with E-state index in [1.165, 1.54) is 16.0 Å². The van der Waals surface area contributed by atoms with Crippen molar-refractivity contribution in [2.24, 2.45) is 0 Å². The first-order valence-corrected chi connectivity index (χ1v) is 9.48. The van der Waals surface area contributed by atoms with Crippen molar-refractivity contribution in [2.75, 3.05) is 5.32 Å². The number of nitrogens with one attached hydrogen (secondary N) is 2. The number of rotatable bonds is 6. The SMILES string of the molecule is CCc1ccccc1NC(=O)CCc1c(C)[nH]n(-c2nc(C)cs2)c1=O. The lowest BCUT2D eigenvalue weighted by atomic mass is 10.1. The van der Waals surface area contributed by atoms with Gasteiger partial charge in [0.2, 0.25) is 11.0 Å². The first-order chi connectivity index (χ1) is 12.5. The summed E-state index contributed by atoms with van der Waals surface area (Å²) in [5.41, 5.74) is 4.06. The van der Waals surface area contributed by atoms with E-state index in [-0.39, 0.29) is 17.9 Å². The highest BCUT2D eigenvalue weighted by atomic mass is 32.1. The lowest BCUT2D eigenvalue weighted by molar-refractivity contribution is -0.116. The number of carbonyl (C=O) groups is 1. The quantitative estimate of drug-likeness (QED) is 0.698. The van der Waals surface area contributed by atoms with Crippen molar-refractivity contribution in [3.63, 3.8) is 0 Å². The maximum Gasteiger partial charge on any atom is 0.276 e. The lowest BCUT2D eigenvalue weighted by Gasteiger charge is -2.09. The molecular formula is C19H22N4O2S. The van der Waals surface area contributed by atoms with Gasteiger partial charge in [-0.1, -0.05) is 25.1 Å². The summed E-state index contributed by atoms with van der Waals surface area (Å²) < 4.78 is 1.45. The fourth-order valence-electron chi connectivity index (χ4n) is 2.86. The number of hydrogen-bond acceptors (Lipinski definition) is 4. The lowest BCUT2D eigenvalue weighted by Crippen LogP contribution is -2.19. The summed E-state index contributed by atoms with van der Waals surface area (Å²) in [6.07, 6.45) is 1.49. The average Bonchev–Trinajstić information content (AvgIpc) is 3.17. The van der Waals surface area contributed by atoms with Crippen molar-refractivity contribution in [2.45, 2.75) is 40.0 Å². The number of aromatic nitrogens is 3. The molecule has 3 aromatic rings.